The average molecular weight is 771 g/mol. The SMILES string of the molecule is Cc1nc(Cl)nc(Nc2ccc(S(=O)(=O)O)c(Nc3nc(Cl)nc(N[B]Nc4cc(S(=O)(=O)O)c(N)c5c4C(=O)c4ccccc4C5=O)n3)c2)n1. The number of nitrogen functional groups attached to an aromatic ring is 1. The zero-order chi connectivity index (χ0) is 36.8. The zero-order valence-corrected chi connectivity index (χ0v) is 28.5. The van der Waals surface area contributed by atoms with Gasteiger partial charge in [0.15, 0.2) is 11.6 Å². The van der Waals surface area contributed by atoms with Gasteiger partial charge in [0.25, 0.3) is 20.2 Å². The summed E-state index contributed by atoms with van der Waals surface area (Å²) in [7, 11) is -8.71. The maximum atomic E-state index is 13.5. The largest absolute Gasteiger partial charge is 0.412 e. The van der Waals surface area contributed by atoms with E-state index in [1.54, 1.807) is 13.0 Å². The van der Waals surface area contributed by atoms with Gasteiger partial charge >= 0.3 is 7.55 Å². The number of nitrogens with one attached hydrogen (secondary N) is 4. The number of fused-ring (bicyclic) bond motifs is 2. The molecule has 0 amide bonds. The zero-order valence-electron chi connectivity index (χ0n) is 25.4. The normalized spacial score (nSPS) is 12.5. The molecule has 0 bridgehead atoms. The average Bonchev–Trinajstić information content (AvgIpc) is 3.02. The lowest BCUT2D eigenvalue weighted by Gasteiger charge is -2.23. The van der Waals surface area contributed by atoms with Crippen LogP contribution >= 0.6 is 23.2 Å². The Morgan fingerprint density at radius 2 is 1.27 bits per heavy atom. The Balaban J connectivity index is 1.29. The van der Waals surface area contributed by atoms with E-state index in [-0.39, 0.29) is 56.9 Å². The first-order chi connectivity index (χ1) is 24.0. The maximum Gasteiger partial charge on any atom is 0.388 e. The van der Waals surface area contributed by atoms with Crippen LogP contribution in [0.15, 0.2) is 58.3 Å². The molecule has 24 heteroatoms. The summed E-state index contributed by atoms with van der Waals surface area (Å²) in [6.07, 6.45) is 0. The van der Waals surface area contributed by atoms with Crippen molar-refractivity contribution < 1.29 is 35.5 Å². The minimum atomic E-state index is -4.97. The van der Waals surface area contributed by atoms with E-state index >= 15 is 0 Å². The van der Waals surface area contributed by atoms with Gasteiger partial charge in [0, 0.05) is 22.5 Å². The summed E-state index contributed by atoms with van der Waals surface area (Å²) in [5.74, 6) is -1.64. The van der Waals surface area contributed by atoms with E-state index in [0.717, 1.165) is 19.7 Å². The van der Waals surface area contributed by atoms with Crippen LogP contribution in [0.1, 0.15) is 37.7 Å². The molecule has 0 fully saturated rings. The van der Waals surface area contributed by atoms with Crippen molar-refractivity contribution in [2.75, 3.05) is 26.8 Å². The summed E-state index contributed by atoms with van der Waals surface area (Å²) < 4.78 is 68.4. The predicted octanol–water partition coefficient (Wildman–Crippen LogP) is 3.07. The van der Waals surface area contributed by atoms with Crippen molar-refractivity contribution >= 4 is 103 Å². The van der Waals surface area contributed by atoms with Gasteiger partial charge in [-0.05, 0) is 54.4 Å². The third kappa shape index (κ3) is 7.35. The summed E-state index contributed by atoms with van der Waals surface area (Å²) in [6, 6.07) is 10.4. The van der Waals surface area contributed by atoms with Crippen LogP contribution < -0.4 is 26.8 Å². The number of nitrogens with two attached hydrogens (primary N) is 1. The van der Waals surface area contributed by atoms with Crippen molar-refractivity contribution in [2.45, 2.75) is 16.7 Å². The van der Waals surface area contributed by atoms with Crippen LogP contribution in [-0.4, -0.2) is 75.0 Å². The topological polar surface area (TPSA) is 294 Å². The minimum Gasteiger partial charge on any atom is -0.412 e. The monoisotopic (exact) mass is 770 g/mol. The van der Waals surface area contributed by atoms with Crippen molar-refractivity contribution in [3.05, 3.63) is 87.2 Å². The summed E-state index contributed by atoms with van der Waals surface area (Å²) in [5, 5.41) is 10.2. The second kappa shape index (κ2) is 13.3. The number of benzene rings is 3. The Morgan fingerprint density at radius 3 is 1.90 bits per heavy atom. The molecule has 0 unspecified atom stereocenters. The molecule has 2 heterocycles. The van der Waals surface area contributed by atoms with Gasteiger partial charge in [-0.15, -0.1) is 0 Å². The number of ketones is 2. The molecule has 0 aliphatic heterocycles. The van der Waals surface area contributed by atoms with E-state index < -0.39 is 58.1 Å². The molecule has 0 saturated heterocycles. The number of halogens is 2. The highest BCUT2D eigenvalue weighted by atomic mass is 35.5. The fourth-order valence-electron chi connectivity index (χ4n) is 4.95. The third-order valence-electron chi connectivity index (χ3n) is 6.99. The van der Waals surface area contributed by atoms with Crippen LogP contribution in [0.5, 0.6) is 0 Å². The van der Waals surface area contributed by atoms with Crippen molar-refractivity contribution in [2.24, 2.45) is 0 Å². The smallest absolute Gasteiger partial charge is 0.388 e. The number of anilines is 7. The minimum absolute atomic E-state index is 0.00855. The van der Waals surface area contributed by atoms with Crippen LogP contribution in [0, 0.1) is 6.92 Å². The molecule has 0 saturated carbocycles. The van der Waals surface area contributed by atoms with Gasteiger partial charge in [-0.3, -0.25) is 18.7 Å². The van der Waals surface area contributed by atoms with Gasteiger partial charge in [0.05, 0.1) is 22.5 Å². The Morgan fingerprint density at radius 1 is 0.686 bits per heavy atom. The molecule has 3 aromatic carbocycles. The Hall–Kier alpha value is -5.52. The molecular formula is C27H19BCl2N11O8S2. The summed E-state index contributed by atoms with van der Waals surface area (Å²) in [4.78, 5) is 49.3. The first-order valence-electron chi connectivity index (χ1n) is 13.9. The van der Waals surface area contributed by atoms with Crippen molar-refractivity contribution in [3.63, 3.8) is 0 Å². The molecule has 0 atom stereocenters. The van der Waals surface area contributed by atoms with Crippen LogP contribution in [0.25, 0.3) is 0 Å². The van der Waals surface area contributed by atoms with Crippen molar-refractivity contribution in [1.82, 2.24) is 29.9 Å². The van der Waals surface area contributed by atoms with Gasteiger partial charge in [0.2, 0.25) is 28.4 Å². The van der Waals surface area contributed by atoms with E-state index in [1.165, 1.54) is 30.3 Å². The molecule has 259 valence electrons. The van der Waals surface area contributed by atoms with Gasteiger partial charge < -0.3 is 26.8 Å². The fraction of sp³-hybridized carbons (Fsp3) is 0.0370. The van der Waals surface area contributed by atoms with Crippen LogP contribution in [0.2, 0.25) is 10.6 Å². The number of aryl methyl sites for hydroxylation is 1. The number of nitrogens with zero attached hydrogens (tertiary/aromatic N) is 6. The lowest BCUT2D eigenvalue weighted by atomic mass is 9.82. The van der Waals surface area contributed by atoms with Crippen molar-refractivity contribution in [3.8, 4) is 0 Å². The lowest BCUT2D eigenvalue weighted by molar-refractivity contribution is 0.0980. The van der Waals surface area contributed by atoms with Crippen LogP contribution in [0.4, 0.5) is 40.6 Å². The number of aromatic nitrogens is 6. The molecule has 6 rings (SSSR count). The molecule has 0 spiro atoms. The van der Waals surface area contributed by atoms with E-state index in [0.29, 0.717) is 5.82 Å². The number of carbonyl (C=O) groups is 2. The van der Waals surface area contributed by atoms with Crippen molar-refractivity contribution in [1.29, 1.82) is 0 Å². The summed E-state index contributed by atoms with van der Waals surface area (Å²) in [5.41, 5.74) is 4.51. The molecule has 1 aliphatic carbocycles. The Kier molecular flexibility index (Phi) is 9.22. The number of carbonyl (C=O) groups excluding carboxylic acids is 2. The van der Waals surface area contributed by atoms with Gasteiger partial charge in [0.1, 0.15) is 15.6 Å². The van der Waals surface area contributed by atoms with E-state index in [4.69, 9.17) is 28.9 Å². The van der Waals surface area contributed by atoms with Crippen LogP contribution in [-0.2, 0) is 20.2 Å². The molecule has 1 radical (unpaired) electrons. The van der Waals surface area contributed by atoms with E-state index in [1.807, 2.05) is 0 Å². The number of rotatable bonds is 10. The molecular weight excluding hydrogens is 752 g/mol. The molecule has 2 aromatic heterocycles. The second-order valence-corrected chi connectivity index (χ2v) is 13.8. The molecule has 51 heavy (non-hydrogen) atoms. The first-order valence-corrected chi connectivity index (χ1v) is 17.6. The third-order valence-corrected chi connectivity index (χ3v) is 9.14. The van der Waals surface area contributed by atoms with E-state index in [9.17, 15) is 35.5 Å². The van der Waals surface area contributed by atoms with E-state index in [2.05, 4.69) is 51.0 Å². The Labute approximate surface area is 298 Å². The molecule has 1 aliphatic rings. The quantitative estimate of drug-likeness (QED) is 0.0598. The lowest BCUT2D eigenvalue weighted by Crippen LogP contribution is -2.27. The van der Waals surface area contributed by atoms with Gasteiger partial charge in [-0.2, -0.15) is 41.8 Å². The van der Waals surface area contributed by atoms with Crippen LogP contribution in [0.3, 0.4) is 0 Å². The molecule has 8 N–H and O–H groups in total. The number of hydrogen-bond donors (Lipinski definition) is 7. The predicted molar refractivity (Wildman–Crippen MR) is 184 cm³/mol. The summed E-state index contributed by atoms with van der Waals surface area (Å²) in [6.45, 7) is 1.58. The molecule has 5 aromatic rings. The highest BCUT2D eigenvalue weighted by molar-refractivity contribution is 7.86. The van der Waals surface area contributed by atoms with Gasteiger partial charge in [-0.25, -0.2) is 4.98 Å². The number of hydrogen-bond acceptors (Lipinski definition) is 17. The maximum absolute atomic E-state index is 13.5. The Bertz CT molecular complexity index is 2510. The fourth-order valence-corrected chi connectivity index (χ4v) is 6.59. The standard InChI is InChI=1S/C27H19BCl2N11O8S2/c1-10-32-23(29)36-25(33-10)34-11-6-7-16(50(44,45)46)14(8-11)35-26-37-24(30)38-27(39-26)41-28-40-15-9-17(51(47,48)49)20(31)19-18(15)21(42)12-4-2-3-5-13(12)22(19)43/h2-9,40H,31H2,1H3,(H,44,45,46)(H,47,48,49)(H,32,33,34,36)(H2,35,37,38,39,41). The highest BCUT2D eigenvalue weighted by Crippen LogP contribution is 2.39. The molecule has 19 nitrogen and oxygen atoms in total. The van der Waals surface area contributed by atoms with Gasteiger partial charge in [-0.1, -0.05) is 24.3 Å². The highest BCUT2D eigenvalue weighted by Gasteiger charge is 2.36. The first kappa shape index (κ1) is 35.3. The second-order valence-electron chi connectivity index (χ2n) is 10.4. The summed E-state index contributed by atoms with van der Waals surface area (Å²) >= 11 is 12.0.